The molecule has 100 valence electrons. The third-order valence-corrected chi connectivity index (χ3v) is 4.25. The number of likely N-dealkylation sites (tertiary alicyclic amines) is 1. The molecule has 1 saturated carbocycles. The Morgan fingerprint density at radius 1 is 1.32 bits per heavy atom. The molecule has 4 rings (SSSR count). The average molecular weight is 256 g/mol. The molecule has 0 bridgehead atoms. The number of hydrogen-bond donors (Lipinski definition) is 2. The second-order valence-corrected chi connectivity index (χ2v) is 5.91. The van der Waals surface area contributed by atoms with E-state index in [0.29, 0.717) is 6.04 Å². The summed E-state index contributed by atoms with van der Waals surface area (Å²) in [6, 6.07) is 7.90. The van der Waals surface area contributed by atoms with Crippen LogP contribution in [-0.2, 0) is 0 Å². The summed E-state index contributed by atoms with van der Waals surface area (Å²) in [5.74, 6) is 0.980. The van der Waals surface area contributed by atoms with Crippen molar-refractivity contribution in [3.63, 3.8) is 0 Å². The van der Waals surface area contributed by atoms with Crippen molar-refractivity contribution in [3.8, 4) is 0 Å². The zero-order valence-corrected chi connectivity index (χ0v) is 11.3. The standard InChI is InChI=1S/C15H20N4/c1-10-16-14-5-2-11(8-15(14)17-10)18-12-6-7-19(9-12)13-3-4-13/h2,5,8,12-13,18H,3-4,6-7,9H2,1H3,(H,16,17). The molecular weight excluding hydrogens is 236 g/mol. The summed E-state index contributed by atoms with van der Waals surface area (Å²) in [6.45, 7) is 4.45. The normalized spacial score (nSPS) is 24.2. The largest absolute Gasteiger partial charge is 0.381 e. The molecule has 2 fully saturated rings. The first-order chi connectivity index (χ1) is 9.28. The lowest BCUT2D eigenvalue weighted by Crippen LogP contribution is -2.27. The number of aromatic amines is 1. The molecule has 0 spiro atoms. The maximum absolute atomic E-state index is 4.44. The van der Waals surface area contributed by atoms with E-state index in [0.717, 1.165) is 22.9 Å². The van der Waals surface area contributed by atoms with E-state index in [1.165, 1.54) is 38.0 Å². The number of imidazole rings is 1. The minimum atomic E-state index is 0.599. The van der Waals surface area contributed by atoms with E-state index in [2.05, 4.69) is 38.4 Å². The summed E-state index contributed by atoms with van der Waals surface area (Å²) in [5.41, 5.74) is 3.38. The Morgan fingerprint density at radius 2 is 2.21 bits per heavy atom. The number of H-pyrrole nitrogens is 1. The van der Waals surface area contributed by atoms with Crippen LogP contribution < -0.4 is 5.32 Å². The molecule has 1 aliphatic carbocycles. The minimum Gasteiger partial charge on any atom is -0.381 e. The topological polar surface area (TPSA) is 44.0 Å². The number of aromatic nitrogens is 2. The summed E-state index contributed by atoms with van der Waals surface area (Å²) in [4.78, 5) is 10.4. The van der Waals surface area contributed by atoms with E-state index >= 15 is 0 Å². The maximum Gasteiger partial charge on any atom is 0.104 e. The van der Waals surface area contributed by atoms with Crippen LogP contribution in [0.3, 0.4) is 0 Å². The number of fused-ring (bicyclic) bond motifs is 1. The molecule has 1 aliphatic heterocycles. The zero-order valence-electron chi connectivity index (χ0n) is 11.3. The molecule has 1 saturated heterocycles. The van der Waals surface area contributed by atoms with Crippen molar-refractivity contribution in [1.82, 2.24) is 14.9 Å². The van der Waals surface area contributed by atoms with E-state index in [9.17, 15) is 0 Å². The fourth-order valence-corrected chi connectivity index (χ4v) is 3.14. The van der Waals surface area contributed by atoms with Crippen LogP contribution in [0.15, 0.2) is 18.2 Å². The molecule has 2 aromatic rings. The molecule has 1 aromatic heterocycles. The smallest absolute Gasteiger partial charge is 0.104 e. The molecule has 1 aromatic carbocycles. The van der Waals surface area contributed by atoms with Crippen LogP contribution in [-0.4, -0.2) is 40.0 Å². The first-order valence-electron chi connectivity index (χ1n) is 7.25. The number of benzene rings is 1. The molecule has 2 aliphatic rings. The molecule has 0 radical (unpaired) electrons. The lowest BCUT2D eigenvalue weighted by atomic mass is 10.2. The quantitative estimate of drug-likeness (QED) is 0.887. The fourth-order valence-electron chi connectivity index (χ4n) is 3.14. The molecule has 2 N–H and O–H groups in total. The third kappa shape index (κ3) is 2.21. The van der Waals surface area contributed by atoms with Gasteiger partial charge in [-0.15, -0.1) is 0 Å². The second kappa shape index (κ2) is 4.23. The highest BCUT2D eigenvalue weighted by molar-refractivity contribution is 5.79. The molecule has 1 unspecified atom stereocenters. The SMILES string of the molecule is Cc1nc2ccc(NC3CCN(C4CC4)C3)cc2[nH]1. The van der Waals surface area contributed by atoms with Crippen LogP contribution in [0.4, 0.5) is 5.69 Å². The molecule has 0 amide bonds. The highest BCUT2D eigenvalue weighted by Gasteiger charge is 2.34. The predicted octanol–water partition coefficient (Wildman–Crippen LogP) is 2.52. The van der Waals surface area contributed by atoms with Gasteiger partial charge in [0.2, 0.25) is 0 Å². The number of aryl methyl sites for hydroxylation is 1. The molecule has 1 atom stereocenters. The Balaban J connectivity index is 1.48. The van der Waals surface area contributed by atoms with Gasteiger partial charge in [-0.3, -0.25) is 4.90 Å². The number of hydrogen-bond acceptors (Lipinski definition) is 3. The van der Waals surface area contributed by atoms with Gasteiger partial charge in [0.15, 0.2) is 0 Å². The first-order valence-corrected chi connectivity index (χ1v) is 7.25. The molecule has 2 heterocycles. The Kier molecular flexibility index (Phi) is 2.52. The van der Waals surface area contributed by atoms with Crippen molar-refractivity contribution in [3.05, 3.63) is 24.0 Å². The van der Waals surface area contributed by atoms with Crippen LogP contribution in [0, 0.1) is 6.92 Å². The van der Waals surface area contributed by atoms with Crippen LogP contribution >= 0.6 is 0 Å². The average Bonchev–Trinajstić information content (AvgIpc) is 3.02. The van der Waals surface area contributed by atoms with E-state index in [1.807, 2.05) is 6.92 Å². The van der Waals surface area contributed by atoms with Gasteiger partial charge in [0.1, 0.15) is 5.82 Å². The summed E-state index contributed by atoms with van der Waals surface area (Å²) in [5, 5.41) is 3.67. The van der Waals surface area contributed by atoms with Crippen LogP contribution in [0.2, 0.25) is 0 Å². The number of anilines is 1. The van der Waals surface area contributed by atoms with Gasteiger partial charge >= 0.3 is 0 Å². The summed E-state index contributed by atoms with van der Waals surface area (Å²) < 4.78 is 0. The Bertz CT molecular complexity index is 599. The molecular formula is C15H20N4. The van der Waals surface area contributed by atoms with Gasteiger partial charge in [-0.25, -0.2) is 4.98 Å². The highest BCUT2D eigenvalue weighted by Crippen LogP contribution is 2.30. The first kappa shape index (κ1) is 11.3. The van der Waals surface area contributed by atoms with Gasteiger partial charge in [0.25, 0.3) is 0 Å². The van der Waals surface area contributed by atoms with Gasteiger partial charge in [-0.1, -0.05) is 0 Å². The lowest BCUT2D eigenvalue weighted by molar-refractivity contribution is 0.326. The third-order valence-electron chi connectivity index (χ3n) is 4.25. The number of rotatable bonds is 3. The number of nitrogens with one attached hydrogen (secondary N) is 2. The van der Waals surface area contributed by atoms with Crippen molar-refractivity contribution in [2.24, 2.45) is 0 Å². The predicted molar refractivity (Wildman–Crippen MR) is 77.5 cm³/mol. The maximum atomic E-state index is 4.44. The van der Waals surface area contributed by atoms with Crippen molar-refractivity contribution in [2.45, 2.75) is 38.3 Å². The van der Waals surface area contributed by atoms with Gasteiger partial charge in [-0.2, -0.15) is 0 Å². The van der Waals surface area contributed by atoms with E-state index in [4.69, 9.17) is 0 Å². The highest BCUT2D eigenvalue weighted by atomic mass is 15.2. The summed E-state index contributed by atoms with van der Waals surface area (Å²) >= 11 is 0. The summed E-state index contributed by atoms with van der Waals surface area (Å²) in [6.07, 6.45) is 4.08. The Hall–Kier alpha value is -1.55. The van der Waals surface area contributed by atoms with Crippen molar-refractivity contribution >= 4 is 16.7 Å². The van der Waals surface area contributed by atoms with Crippen LogP contribution in [0.1, 0.15) is 25.1 Å². The second-order valence-electron chi connectivity index (χ2n) is 5.91. The van der Waals surface area contributed by atoms with Crippen LogP contribution in [0.5, 0.6) is 0 Å². The van der Waals surface area contributed by atoms with E-state index in [-0.39, 0.29) is 0 Å². The van der Waals surface area contributed by atoms with Crippen molar-refractivity contribution in [1.29, 1.82) is 0 Å². The van der Waals surface area contributed by atoms with E-state index in [1.54, 1.807) is 0 Å². The Morgan fingerprint density at radius 3 is 3.05 bits per heavy atom. The molecule has 19 heavy (non-hydrogen) atoms. The molecule has 4 heteroatoms. The lowest BCUT2D eigenvalue weighted by Gasteiger charge is -2.16. The van der Waals surface area contributed by atoms with Crippen molar-refractivity contribution in [2.75, 3.05) is 18.4 Å². The van der Waals surface area contributed by atoms with Gasteiger partial charge < -0.3 is 10.3 Å². The van der Waals surface area contributed by atoms with Gasteiger partial charge in [0.05, 0.1) is 11.0 Å². The van der Waals surface area contributed by atoms with Crippen LogP contribution in [0.25, 0.3) is 11.0 Å². The zero-order chi connectivity index (χ0) is 12.8. The molecule has 4 nitrogen and oxygen atoms in total. The fraction of sp³-hybridized carbons (Fsp3) is 0.533. The van der Waals surface area contributed by atoms with Gasteiger partial charge in [0, 0.05) is 30.9 Å². The number of nitrogens with zero attached hydrogens (tertiary/aromatic N) is 2. The van der Waals surface area contributed by atoms with Crippen molar-refractivity contribution < 1.29 is 0 Å². The Labute approximate surface area is 113 Å². The minimum absolute atomic E-state index is 0.599. The van der Waals surface area contributed by atoms with Gasteiger partial charge in [-0.05, 0) is 44.4 Å². The monoisotopic (exact) mass is 256 g/mol. The summed E-state index contributed by atoms with van der Waals surface area (Å²) in [7, 11) is 0. The van der Waals surface area contributed by atoms with E-state index < -0.39 is 0 Å².